The van der Waals surface area contributed by atoms with Gasteiger partial charge in [-0.1, -0.05) is 12.1 Å². The van der Waals surface area contributed by atoms with Crippen molar-refractivity contribution in [3.63, 3.8) is 0 Å². The van der Waals surface area contributed by atoms with E-state index in [1.165, 1.54) is 6.92 Å². The number of ketones is 1. The maximum atomic E-state index is 11.1. The summed E-state index contributed by atoms with van der Waals surface area (Å²) in [5.41, 5.74) is 0.934. The standard InChI is InChI=1S/C14H15NO3/c1-11(16)13(10-15)9-12-3-5-14(6-4-12)18-8-7-17-2/h3-6,9H,7-8H2,1-2H3/b13-9+. The van der Waals surface area contributed by atoms with Crippen molar-refractivity contribution in [2.75, 3.05) is 20.3 Å². The highest BCUT2D eigenvalue weighted by Gasteiger charge is 2.02. The Bertz CT molecular complexity index is 469. The van der Waals surface area contributed by atoms with E-state index < -0.39 is 0 Å². The quantitative estimate of drug-likeness (QED) is 0.438. The first kappa shape index (κ1) is 13.9. The molecule has 0 aliphatic carbocycles. The highest BCUT2D eigenvalue weighted by Crippen LogP contribution is 2.14. The molecule has 94 valence electrons. The summed E-state index contributed by atoms with van der Waals surface area (Å²) in [5, 5.41) is 8.78. The minimum absolute atomic E-state index is 0.142. The van der Waals surface area contributed by atoms with Crippen LogP contribution in [0.5, 0.6) is 5.75 Å². The Morgan fingerprint density at radius 2 is 2.00 bits per heavy atom. The van der Waals surface area contributed by atoms with Gasteiger partial charge in [0.25, 0.3) is 0 Å². The Hall–Kier alpha value is -2.12. The second-order valence-corrected chi connectivity index (χ2v) is 3.64. The van der Waals surface area contributed by atoms with E-state index in [9.17, 15) is 4.79 Å². The van der Waals surface area contributed by atoms with Crippen LogP contribution in [0, 0.1) is 11.3 Å². The fraction of sp³-hybridized carbons (Fsp3) is 0.286. The van der Waals surface area contributed by atoms with Crippen molar-refractivity contribution >= 4 is 11.9 Å². The Balaban J connectivity index is 2.71. The van der Waals surface area contributed by atoms with Crippen molar-refractivity contribution in [2.24, 2.45) is 0 Å². The number of nitrogens with zero attached hydrogens (tertiary/aromatic N) is 1. The van der Waals surface area contributed by atoms with Gasteiger partial charge in [-0.25, -0.2) is 0 Å². The maximum absolute atomic E-state index is 11.1. The summed E-state index contributed by atoms with van der Waals surface area (Å²) in [6.45, 7) is 2.39. The van der Waals surface area contributed by atoms with E-state index in [1.807, 2.05) is 6.07 Å². The third kappa shape index (κ3) is 4.40. The molecule has 0 atom stereocenters. The molecule has 4 nitrogen and oxygen atoms in total. The maximum Gasteiger partial charge on any atom is 0.170 e. The van der Waals surface area contributed by atoms with Gasteiger partial charge in [-0.3, -0.25) is 4.79 Å². The molecule has 0 bridgehead atoms. The van der Waals surface area contributed by atoms with Crippen LogP contribution in [0.1, 0.15) is 12.5 Å². The van der Waals surface area contributed by atoms with Crippen LogP contribution in [0.15, 0.2) is 29.8 Å². The third-order valence-electron chi connectivity index (χ3n) is 2.25. The van der Waals surface area contributed by atoms with Gasteiger partial charge in [0.15, 0.2) is 5.78 Å². The van der Waals surface area contributed by atoms with Gasteiger partial charge in [-0.2, -0.15) is 5.26 Å². The summed E-state index contributed by atoms with van der Waals surface area (Å²) < 4.78 is 10.3. The molecule has 1 rings (SSSR count). The molecule has 0 saturated heterocycles. The minimum Gasteiger partial charge on any atom is -0.491 e. The first-order valence-corrected chi connectivity index (χ1v) is 5.52. The van der Waals surface area contributed by atoms with Crippen LogP contribution in [0.3, 0.4) is 0 Å². The Kier molecular flexibility index (Phi) is 5.62. The molecule has 0 N–H and O–H groups in total. The van der Waals surface area contributed by atoms with Gasteiger partial charge in [-0.05, 0) is 30.7 Å². The van der Waals surface area contributed by atoms with Crippen molar-refractivity contribution in [3.8, 4) is 11.8 Å². The van der Waals surface area contributed by atoms with Crippen LogP contribution in [-0.2, 0) is 9.53 Å². The molecule has 0 fully saturated rings. The van der Waals surface area contributed by atoms with E-state index in [2.05, 4.69) is 0 Å². The van der Waals surface area contributed by atoms with Gasteiger partial charge < -0.3 is 9.47 Å². The first-order chi connectivity index (χ1) is 8.67. The smallest absolute Gasteiger partial charge is 0.170 e. The normalized spacial score (nSPS) is 10.8. The Labute approximate surface area is 106 Å². The molecule has 0 heterocycles. The Morgan fingerprint density at radius 1 is 1.33 bits per heavy atom. The fourth-order valence-corrected chi connectivity index (χ4v) is 1.28. The largest absolute Gasteiger partial charge is 0.491 e. The molecule has 0 aliphatic rings. The van der Waals surface area contributed by atoms with Crippen LogP contribution in [0.2, 0.25) is 0 Å². The summed E-state index contributed by atoms with van der Waals surface area (Å²) in [6, 6.07) is 9.04. The second kappa shape index (κ2) is 7.25. The number of allylic oxidation sites excluding steroid dienone is 1. The van der Waals surface area contributed by atoms with Gasteiger partial charge >= 0.3 is 0 Å². The monoisotopic (exact) mass is 245 g/mol. The number of benzene rings is 1. The summed E-state index contributed by atoms with van der Waals surface area (Å²) in [6.07, 6.45) is 1.56. The first-order valence-electron chi connectivity index (χ1n) is 5.52. The van der Waals surface area contributed by atoms with Crippen molar-refractivity contribution in [3.05, 3.63) is 35.4 Å². The van der Waals surface area contributed by atoms with E-state index in [-0.39, 0.29) is 11.4 Å². The molecule has 0 aliphatic heterocycles. The van der Waals surface area contributed by atoms with Crippen LogP contribution >= 0.6 is 0 Å². The highest BCUT2D eigenvalue weighted by atomic mass is 16.5. The molecular weight excluding hydrogens is 230 g/mol. The number of carbonyl (C=O) groups is 1. The fourth-order valence-electron chi connectivity index (χ4n) is 1.28. The molecule has 0 aromatic heterocycles. The van der Waals surface area contributed by atoms with Gasteiger partial charge in [0.2, 0.25) is 0 Å². The Morgan fingerprint density at radius 3 is 2.50 bits per heavy atom. The topological polar surface area (TPSA) is 59.3 Å². The number of nitriles is 1. The van der Waals surface area contributed by atoms with Gasteiger partial charge in [0.1, 0.15) is 18.4 Å². The molecule has 0 unspecified atom stereocenters. The summed E-state index contributed by atoms with van der Waals surface area (Å²) in [7, 11) is 1.61. The lowest BCUT2D eigenvalue weighted by atomic mass is 10.1. The number of ether oxygens (including phenoxy) is 2. The van der Waals surface area contributed by atoms with Crippen molar-refractivity contribution in [1.29, 1.82) is 5.26 Å². The van der Waals surface area contributed by atoms with E-state index >= 15 is 0 Å². The lowest BCUT2D eigenvalue weighted by molar-refractivity contribution is -0.113. The minimum atomic E-state index is -0.238. The highest BCUT2D eigenvalue weighted by molar-refractivity contribution is 6.01. The van der Waals surface area contributed by atoms with Crippen LogP contribution < -0.4 is 4.74 Å². The second-order valence-electron chi connectivity index (χ2n) is 3.64. The van der Waals surface area contributed by atoms with Gasteiger partial charge in [0, 0.05) is 7.11 Å². The van der Waals surface area contributed by atoms with E-state index in [0.29, 0.717) is 13.2 Å². The van der Waals surface area contributed by atoms with Crippen molar-refractivity contribution in [2.45, 2.75) is 6.92 Å². The molecule has 18 heavy (non-hydrogen) atoms. The average molecular weight is 245 g/mol. The molecule has 1 aromatic carbocycles. The zero-order valence-electron chi connectivity index (χ0n) is 10.5. The zero-order chi connectivity index (χ0) is 13.4. The van der Waals surface area contributed by atoms with Crippen molar-refractivity contribution < 1.29 is 14.3 Å². The number of carbonyl (C=O) groups excluding carboxylic acids is 1. The van der Waals surface area contributed by atoms with Gasteiger partial charge in [0.05, 0.1) is 12.2 Å². The van der Waals surface area contributed by atoms with E-state index in [4.69, 9.17) is 14.7 Å². The predicted octanol–water partition coefficient (Wildman–Crippen LogP) is 2.21. The van der Waals surface area contributed by atoms with E-state index in [0.717, 1.165) is 11.3 Å². The molecule has 4 heteroatoms. The summed E-state index contributed by atoms with van der Waals surface area (Å²) in [4.78, 5) is 11.1. The van der Waals surface area contributed by atoms with Crippen LogP contribution in [0.4, 0.5) is 0 Å². The molecular formula is C14H15NO3. The van der Waals surface area contributed by atoms with Crippen molar-refractivity contribution in [1.82, 2.24) is 0 Å². The van der Waals surface area contributed by atoms with Crippen LogP contribution in [-0.4, -0.2) is 26.1 Å². The number of hydrogen-bond donors (Lipinski definition) is 0. The number of hydrogen-bond acceptors (Lipinski definition) is 4. The van der Waals surface area contributed by atoms with Crippen LogP contribution in [0.25, 0.3) is 6.08 Å². The molecule has 0 radical (unpaired) electrons. The molecule has 0 saturated carbocycles. The number of Topliss-reactive ketones (excluding diaryl/α,β-unsaturated/α-hetero) is 1. The number of rotatable bonds is 6. The molecule has 0 amide bonds. The zero-order valence-corrected chi connectivity index (χ0v) is 10.5. The lowest BCUT2D eigenvalue weighted by Gasteiger charge is -2.05. The van der Waals surface area contributed by atoms with E-state index in [1.54, 1.807) is 37.5 Å². The SMILES string of the molecule is COCCOc1ccc(/C=C(\C#N)C(C)=O)cc1. The molecule has 0 spiro atoms. The number of methoxy groups -OCH3 is 1. The summed E-state index contributed by atoms with van der Waals surface area (Å²) in [5.74, 6) is 0.489. The lowest BCUT2D eigenvalue weighted by Crippen LogP contribution is -2.03. The van der Waals surface area contributed by atoms with Gasteiger partial charge in [-0.15, -0.1) is 0 Å². The predicted molar refractivity (Wildman–Crippen MR) is 68.1 cm³/mol. The average Bonchev–Trinajstić information content (AvgIpc) is 2.37. The molecule has 1 aromatic rings. The third-order valence-corrected chi connectivity index (χ3v) is 2.25. The summed E-state index contributed by atoms with van der Waals surface area (Å²) >= 11 is 0.